The van der Waals surface area contributed by atoms with Crippen molar-refractivity contribution in [3.63, 3.8) is 0 Å². The molecule has 108 valence electrons. The minimum absolute atomic E-state index is 0.125. The molecule has 0 aliphatic carbocycles. The molecule has 3 aromatic rings. The van der Waals surface area contributed by atoms with E-state index in [1.54, 1.807) is 11.3 Å². The molecule has 3 heteroatoms. The summed E-state index contributed by atoms with van der Waals surface area (Å²) in [4.78, 5) is 0. The third-order valence-corrected chi connectivity index (χ3v) is 5.07. The van der Waals surface area contributed by atoms with Crippen LogP contribution in [-0.4, -0.2) is 0 Å². The Morgan fingerprint density at radius 2 is 1.86 bits per heavy atom. The van der Waals surface area contributed by atoms with Gasteiger partial charge in [0, 0.05) is 10.6 Å². The fraction of sp³-hybridized carbons (Fsp3) is 0.222. The standard InChI is InChI=1S/C18H20N2S/c1-2-15(13-7-4-3-5-8-13)17(20-19)16-10-6-9-14-11-12-21-18(14)16/h3-12,15,17,20H,2,19H2,1H3. The highest BCUT2D eigenvalue weighted by Gasteiger charge is 2.24. The molecule has 2 atom stereocenters. The first-order chi connectivity index (χ1) is 10.3. The van der Waals surface area contributed by atoms with E-state index in [1.165, 1.54) is 21.2 Å². The maximum absolute atomic E-state index is 5.93. The van der Waals surface area contributed by atoms with Crippen LogP contribution in [0.25, 0.3) is 10.1 Å². The number of hydrazine groups is 1. The summed E-state index contributed by atoms with van der Waals surface area (Å²) in [5, 5.41) is 3.44. The van der Waals surface area contributed by atoms with Gasteiger partial charge in [-0.3, -0.25) is 11.3 Å². The smallest absolute Gasteiger partial charge is 0.0542 e. The van der Waals surface area contributed by atoms with Gasteiger partial charge in [0.2, 0.25) is 0 Å². The molecule has 3 rings (SSSR count). The maximum Gasteiger partial charge on any atom is 0.0542 e. The van der Waals surface area contributed by atoms with Gasteiger partial charge < -0.3 is 0 Å². The minimum atomic E-state index is 0.125. The summed E-state index contributed by atoms with van der Waals surface area (Å²) in [5.41, 5.74) is 5.68. The third-order valence-electron chi connectivity index (χ3n) is 4.09. The van der Waals surface area contributed by atoms with Crippen molar-refractivity contribution in [2.24, 2.45) is 5.84 Å². The van der Waals surface area contributed by atoms with Crippen LogP contribution >= 0.6 is 11.3 Å². The van der Waals surface area contributed by atoms with Gasteiger partial charge in [-0.2, -0.15) is 0 Å². The fourth-order valence-electron chi connectivity index (χ4n) is 3.05. The highest BCUT2D eigenvalue weighted by atomic mass is 32.1. The molecule has 1 heterocycles. The quantitative estimate of drug-likeness (QED) is 0.533. The molecule has 0 saturated heterocycles. The molecule has 2 aromatic carbocycles. The second-order valence-corrected chi connectivity index (χ2v) is 6.17. The molecule has 0 bridgehead atoms. The molecule has 0 aliphatic heterocycles. The van der Waals surface area contributed by atoms with Crippen LogP contribution in [-0.2, 0) is 0 Å². The minimum Gasteiger partial charge on any atom is -0.271 e. The Hall–Kier alpha value is -1.68. The number of thiophene rings is 1. The van der Waals surface area contributed by atoms with Gasteiger partial charge in [-0.25, -0.2) is 0 Å². The molecular formula is C18H20N2S. The zero-order valence-electron chi connectivity index (χ0n) is 12.1. The van der Waals surface area contributed by atoms with Crippen LogP contribution in [0.15, 0.2) is 60.0 Å². The van der Waals surface area contributed by atoms with Crippen LogP contribution in [0, 0.1) is 0 Å². The summed E-state index contributed by atoms with van der Waals surface area (Å²) in [6, 6.07) is 19.4. The molecule has 0 aliphatic rings. The van der Waals surface area contributed by atoms with Crippen LogP contribution in [0.3, 0.4) is 0 Å². The number of nitrogens with two attached hydrogens (primary N) is 1. The monoisotopic (exact) mass is 296 g/mol. The Kier molecular flexibility index (Phi) is 4.34. The van der Waals surface area contributed by atoms with Gasteiger partial charge in [0.15, 0.2) is 0 Å². The molecule has 0 radical (unpaired) electrons. The average molecular weight is 296 g/mol. The first-order valence-corrected chi connectivity index (χ1v) is 8.20. The largest absolute Gasteiger partial charge is 0.271 e. The van der Waals surface area contributed by atoms with Crippen LogP contribution in [0.1, 0.15) is 36.4 Å². The molecular weight excluding hydrogens is 276 g/mol. The second-order valence-electron chi connectivity index (χ2n) is 5.26. The lowest BCUT2D eigenvalue weighted by molar-refractivity contribution is 0.448. The van der Waals surface area contributed by atoms with Crippen LogP contribution in [0.2, 0.25) is 0 Å². The van der Waals surface area contributed by atoms with E-state index in [-0.39, 0.29) is 6.04 Å². The summed E-state index contributed by atoms with van der Waals surface area (Å²) in [5.74, 6) is 6.30. The van der Waals surface area contributed by atoms with Gasteiger partial charge in [-0.1, -0.05) is 55.5 Å². The number of hydrogen-bond donors (Lipinski definition) is 2. The van der Waals surface area contributed by atoms with Gasteiger partial charge in [0.05, 0.1) is 6.04 Å². The van der Waals surface area contributed by atoms with Crippen molar-refractivity contribution in [1.82, 2.24) is 5.43 Å². The van der Waals surface area contributed by atoms with Crippen molar-refractivity contribution in [1.29, 1.82) is 0 Å². The van der Waals surface area contributed by atoms with Crippen molar-refractivity contribution in [3.8, 4) is 0 Å². The molecule has 0 fully saturated rings. The van der Waals surface area contributed by atoms with E-state index in [4.69, 9.17) is 5.84 Å². The lowest BCUT2D eigenvalue weighted by atomic mass is 9.85. The van der Waals surface area contributed by atoms with Gasteiger partial charge >= 0.3 is 0 Å². The summed E-state index contributed by atoms with van der Waals surface area (Å²) >= 11 is 1.79. The van der Waals surface area contributed by atoms with Crippen molar-refractivity contribution >= 4 is 21.4 Å². The number of nitrogens with one attached hydrogen (secondary N) is 1. The van der Waals surface area contributed by atoms with E-state index in [9.17, 15) is 0 Å². The molecule has 0 saturated carbocycles. The normalized spacial score (nSPS) is 14.2. The van der Waals surface area contributed by atoms with E-state index in [0.29, 0.717) is 5.92 Å². The first kappa shape index (κ1) is 14.3. The van der Waals surface area contributed by atoms with Crippen molar-refractivity contribution in [3.05, 3.63) is 71.1 Å². The van der Waals surface area contributed by atoms with E-state index >= 15 is 0 Å². The fourth-order valence-corrected chi connectivity index (χ4v) is 4.00. The zero-order chi connectivity index (χ0) is 14.7. The number of fused-ring (bicyclic) bond motifs is 1. The predicted octanol–water partition coefficient (Wildman–Crippen LogP) is 4.60. The number of rotatable bonds is 5. The highest BCUT2D eigenvalue weighted by molar-refractivity contribution is 7.17. The SMILES string of the molecule is CCC(c1ccccc1)C(NN)c1cccc2ccsc12. The topological polar surface area (TPSA) is 38.0 Å². The first-order valence-electron chi connectivity index (χ1n) is 7.32. The second kappa shape index (κ2) is 6.39. The summed E-state index contributed by atoms with van der Waals surface area (Å²) in [6.45, 7) is 2.22. The zero-order valence-corrected chi connectivity index (χ0v) is 12.9. The Balaban J connectivity index is 2.06. The molecule has 21 heavy (non-hydrogen) atoms. The van der Waals surface area contributed by atoms with Gasteiger partial charge in [0.25, 0.3) is 0 Å². The maximum atomic E-state index is 5.93. The molecule has 0 amide bonds. The Bertz CT molecular complexity index is 705. The van der Waals surface area contributed by atoms with Crippen LogP contribution in [0.4, 0.5) is 0 Å². The van der Waals surface area contributed by atoms with Gasteiger partial charge in [0.1, 0.15) is 0 Å². The number of benzene rings is 2. The predicted molar refractivity (Wildman–Crippen MR) is 91.4 cm³/mol. The van der Waals surface area contributed by atoms with Gasteiger partial charge in [-0.05, 0) is 34.4 Å². The van der Waals surface area contributed by atoms with Gasteiger partial charge in [-0.15, -0.1) is 11.3 Å². The number of hydrogen-bond acceptors (Lipinski definition) is 3. The third kappa shape index (κ3) is 2.72. The molecule has 2 nitrogen and oxygen atoms in total. The lowest BCUT2D eigenvalue weighted by Gasteiger charge is -2.27. The summed E-state index contributed by atoms with van der Waals surface area (Å²) in [6.07, 6.45) is 1.04. The molecule has 1 aromatic heterocycles. The lowest BCUT2D eigenvalue weighted by Crippen LogP contribution is -2.32. The van der Waals surface area contributed by atoms with E-state index in [0.717, 1.165) is 6.42 Å². The Labute approximate surface area is 129 Å². The van der Waals surface area contributed by atoms with Crippen molar-refractivity contribution in [2.75, 3.05) is 0 Å². The molecule has 2 unspecified atom stereocenters. The van der Waals surface area contributed by atoms with Crippen LogP contribution in [0.5, 0.6) is 0 Å². The Morgan fingerprint density at radius 3 is 2.57 bits per heavy atom. The average Bonchev–Trinajstić information content (AvgIpc) is 3.02. The van der Waals surface area contributed by atoms with Crippen LogP contribution < -0.4 is 11.3 Å². The van der Waals surface area contributed by atoms with E-state index in [1.807, 2.05) is 0 Å². The summed E-state index contributed by atoms with van der Waals surface area (Å²) in [7, 11) is 0. The van der Waals surface area contributed by atoms with E-state index < -0.39 is 0 Å². The van der Waals surface area contributed by atoms with Crippen molar-refractivity contribution < 1.29 is 0 Å². The molecule has 0 spiro atoms. The van der Waals surface area contributed by atoms with Crippen molar-refractivity contribution in [2.45, 2.75) is 25.3 Å². The summed E-state index contributed by atoms with van der Waals surface area (Å²) < 4.78 is 1.33. The molecule has 3 N–H and O–H groups in total. The highest BCUT2D eigenvalue weighted by Crippen LogP contribution is 2.37. The van der Waals surface area contributed by atoms with E-state index in [2.05, 4.69) is 72.3 Å². The Morgan fingerprint density at radius 1 is 1.05 bits per heavy atom.